The molecule has 13 heavy (non-hydrogen) atoms. The molecule has 1 aliphatic rings. The molecule has 0 aromatic heterocycles. The summed E-state index contributed by atoms with van der Waals surface area (Å²) in [7, 11) is 0. The zero-order valence-corrected chi connectivity index (χ0v) is 9.75. The van der Waals surface area contributed by atoms with Gasteiger partial charge in [0.15, 0.2) is 0 Å². The number of hydrogen-bond donors (Lipinski definition) is 1. The molecule has 0 amide bonds. The van der Waals surface area contributed by atoms with Crippen molar-refractivity contribution in [2.24, 2.45) is 0 Å². The third kappa shape index (κ3) is 7.52. The molecular formula is C8H20Cl2N2O. The first-order valence-corrected chi connectivity index (χ1v) is 4.44. The van der Waals surface area contributed by atoms with Crippen LogP contribution in [-0.2, 0) is 4.74 Å². The van der Waals surface area contributed by atoms with Crippen molar-refractivity contribution in [1.29, 1.82) is 0 Å². The highest BCUT2D eigenvalue weighted by Gasteiger charge is 2.07. The molecule has 3 nitrogen and oxygen atoms in total. The average Bonchev–Trinajstić information content (AvgIpc) is 2.07. The molecule has 82 valence electrons. The minimum atomic E-state index is 0. The highest BCUT2D eigenvalue weighted by molar-refractivity contribution is 5.85. The summed E-state index contributed by atoms with van der Waals surface area (Å²) >= 11 is 0. The van der Waals surface area contributed by atoms with Gasteiger partial charge in [-0.25, -0.2) is 0 Å². The van der Waals surface area contributed by atoms with Gasteiger partial charge in [0.25, 0.3) is 0 Å². The predicted octanol–water partition coefficient (Wildman–Crippen LogP) is 0.772. The molecule has 0 bridgehead atoms. The quantitative estimate of drug-likeness (QED) is 0.723. The van der Waals surface area contributed by atoms with Gasteiger partial charge in [-0.15, -0.1) is 24.8 Å². The summed E-state index contributed by atoms with van der Waals surface area (Å²) in [5.41, 5.74) is 0. The fourth-order valence-corrected chi connectivity index (χ4v) is 1.27. The van der Waals surface area contributed by atoms with E-state index in [4.69, 9.17) is 4.74 Å². The van der Waals surface area contributed by atoms with Crippen LogP contribution in [0.2, 0.25) is 0 Å². The molecule has 1 aliphatic heterocycles. The molecule has 0 spiro atoms. The van der Waals surface area contributed by atoms with Crippen molar-refractivity contribution in [2.45, 2.75) is 6.92 Å². The van der Waals surface area contributed by atoms with Gasteiger partial charge in [0.1, 0.15) is 0 Å². The van der Waals surface area contributed by atoms with Crippen LogP contribution in [0.3, 0.4) is 0 Å². The van der Waals surface area contributed by atoms with Crippen LogP contribution in [0.5, 0.6) is 0 Å². The Hall–Kier alpha value is 0.460. The summed E-state index contributed by atoms with van der Waals surface area (Å²) in [5, 5.41) is 3.32. The summed E-state index contributed by atoms with van der Waals surface area (Å²) in [6, 6.07) is 0. The van der Waals surface area contributed by atoms with E-state index in [1.54, 1.807) is 0 Å². The minimum Gasteiger partial charge on any atom is -0.380 e. The van der Waals surface area contributed by atoms with Gasteiger partial charge in [-0.2, -0.15) is 0 Å². The van der Waals surface area contributed by atoms with E-state index < -0.39 is 0 Å². The largest absolute Gasteiger partial charge is 0.380 e. The molecule has 0 aliphatic carbocycles. The number of nitrogens with zero attached hydrogens (tertiary/aromatic N) is 1. The topological polar surface area (TPSA) is 24.5 Å². The molecule has 0 atom stereocenters. The first kappa shape index (κ1) is 15.9. The first-order chi connectivity index (χ1) is 5.43. The van der Waals surface area contributed by atoms with Crippen LogP contribution >= 0.6 is 24.8 Å². The zero-order valence-electron chi connectivity index (χ0n) is 8.12. The van der Waals surface area contributed by atoms with E-state index in [0.29, 0.717) is 0 Å². The maximum absolute atomic E-state index is 5.27. The molecule has 0 radical (unpaired) electrons. The van der Waals surface area contributed by atoms with Crippen LogP contribution in [0.15, 0.2) is 0 Å². The fourth-order valence-electron chi connectivity index (χ4n) is 1.27. The number of rotatable bonds is 4. The number of halogens is 2. The Balaban J connectivity index is 0. The maximum Gasteiger partial charge on any atom is 0.0593 e. The van der Waals surface area contributed by atoms with Crippen molar-refractivity contribution in [2.75, 3.05) is 45.9 Å². The number of ether oxygens (including phenoxy) is 1. The lowest BCUT2D eigenvalue weighted by molar-refractivity contribution is 0.108. The summed E-state index contributed by atoms with van der Waals surface area (Å²) < 4.78 is 5.27. The molecule has 1 rings (SSSR count). The van der Waals surface area contributed by atoms with Crippen molar-refractivity contribution in [1.82, 2.24) is 10.2 Å². The van der Waals surface area contributed by atoms with Gasteiger partial charge in [0.05, 0.1) is 6.61 Å². The molecule has 0 aromatic carbocycles. The van der Waals surface area contributed by atoms with Gasteiger partial charge in [0.2, 0.25) is 0 Å². The van der Waals surface area contributed by atoms with E-state index in [-0.39, 0.29) is 24.8 Å². The van der Waals surface area contributed by atoms with Gasteiger partial charge in [0, 0.05) is 39.3 Å². The normalized spacial score (nSPS) is 17.3. The van der Waals surface area contributed by atoms with Gasteiger partial charge in [-0.3, -0.25) is 4.90 Å². The summed E-state index contributed by atoms with van der Waals surface area (Å²) in [5.74, 6) is 0. The second kappa shape index (κ2) is 10.5. The minimum absolute atomic E-state index is 0. The van der Waals surface area contributed by atoms with E-state index >= 15 is 0 Å². The van der Waals surface area contributed by atoms with Crippen molar-refractivity contribution < 1.29 is 4.74 Å². The summed E-state index contributed by atoms with van der Waals surface area (Å²) in [6.45, 7) is 9.47. The third-order valence-electron chi connectivity index (χ3n) is 1.97. The lowest BCUT2D eigenvalue weighted by Gasteiger charge is -2.26. The lowest BCUT2D eigenvalue weighted by atomic mass is 10.4. The molecule has 0 saturated carbocycles. The van der Waals surface area contributed by atoms with E-state index in [2.05, 4.69) is 10.2 Å². The Morgan fingerprint density at radius 1 is 1.23 bits per heavy atom. The van der Waals surface area contributed by atoms with E-state index in [9.17, 15) is 0 Å². The van der Waals surface area contributed by atoms with Crippen LogP contribution in [-0.4, -0.2) is 50.8 Å². The smallest absolute Gasteiger partial charge is 0.0593 e. The van der Waals surface area contributed by atoms with Crippen LogP contribution in [0.4, 0.5) is 0 Å². The van der Waals surface area contributed by atoms with Gasteiger partial charge < -0.3 is 10.1 Å². The monoisotopic (exact) mass is 230 g/mol. The summed E-state index contributed by atoms with van der Waals surface area (Å²) in [4.78, 5) is 2.44. The standard InChI is InChI=1S/C8H18N2O.2ClH/c1-2-11-8-7-10-5-3-9-4-6-10;;/h9H,2-8H2,1H3;2*1H. The highest BCUT2D eigenvalue weighted by atomic mass is 35.5. The third-order valence-corrected chi connectivity index (χ3v) is 1.97. The van der Waals surface area contributed by atoms with Gasteiger partial charge in [-0.05, 0) is 6.92 Å². The molecule has 1 fully saturated rings. The average molecular weight is 231 g/mol. The maximum atomic E-state index is 5.27. The van der Waals surface area contributed by atoms with Crippen molar-refractivity contribution in [3.05, 3.63) is 0 Å². The van der Waals surface area contributed by atoms with Crippen molar-refractivity contribution in [3.8, 4) is 0 Å². The van der Waals surface area contributed by atoms with Crippen LogP contribution in [0.1, 0.15) is 6.92 Å². The lowest BCUT2D eigenvalue weighted by Crippen LogP contribution is -2.44. The molecule has 5 heteroatoms. The molecule has 1 heterocycles. The highest BCUT2D eigenvalue weighted by Crippen LogP contribution is 1.90. The Labute approximate surface area is 93.0 Å². The number of piperazine rings is 1. The van der Waals surface area contributed by atoms with Crippen molar-refractivity contribution in [3.63, 3.8) is 0 Å². The second-order valence-corrected chi connectivity index (χ2v) is 2.79. The SMILES string of the molecule is CCOCCN1CCNCC1.Cl.Cl. The van der Waals surface area contributed by atoms with Crippen LogP contribution < -0.4 is 5.32 Å². The van der Waals surface area contributed by atoms with Crippen molar-refractivity contribution >= 4 is 24.8 Å². The van der Waals surface area contributed by atoms with E-state index in [0.717, 1.165) is 32.8 Å². The van der Waals surface area contributed by atoms with E-state index in [1.165, 1.54) is 13.1 Å². The van der Waals surface area contributed by atoms with Crippen LogP contribution in [0, 0.1) is 0 Å². The molecule has 0 aromatic rings. The molecule has 1 saturated heterocycles. The number of hydrogen-bond acceptors (Lipinski definition) is 3. The molecular weight excluding hydrogens is 211 g/mol. The van der Waals surface area contributed by atoms with Gasteiger partial charge in [-0.1, -0.05) is 0 Å². The molecule has 1 N–H and O–H groups in total. The Kier molecular flexibility index (Phi) is 12.9. The predicted molar refractivity (Wildman–Crippen MR) is 60.3 cm³/mol. The Bertz CT molecular complexity index is 100. The fraction of sp³-hybridized carbons (Fsp3) is 1.00. The second-order valence-electron chi connectivity index (χ2n) is 2.79. The Morgan fingerprint density at radius 3 is 2.38 bits per heavy atom. The number of nitrogens with one attached hydrogen (secondary N) is 1. The van der Waals surface area contributed by atoms with E-state index in [1.807, 2.05) is 6.92 Å². The van der Waals surface area contributed by atoms with Crippen LogP contribution in [0.25, 0.3) is 0 Å². The first-order valence-electron chi connectivity index (χ1n) is 4.44. The summed E-state index contributed by atoms with van der Waals surface area (Å²) in [6.07, 6.45) is 0. The zero-order chi connectivity index (χ0) is 7.94. The Morgan fingerprint density at radius 2 is 1.85 bits per heavy atom. The molecule has 0 unspecified atom stereocenters. The van der Waals surface area contributed by atoms with Gasteiger partial charge >= 0.3 is 0 Å².